The minimum Gasteiger partial charge on any atom is -0.496 e. The molecule has 1 aromatic rings. The molecule has 0 radical (unpaired) electrons. The van der Waals surface area contributed by atoms with Gasteiger partial charge in [0.1, 0.15) is 5.75 Å². The number of ether oxygens (including phenoxy) is 1. The summed E-state index contributed by atoms with van der Waals surface area (Å²) in [5.41, 5.74) is 8.19. The number of likely N-dealkylation sites (tertiary alicyclic amines) is 1. The normalized spacial score (nSPS) is 20.7. The summed E-state index contributed by atoms with van der Waals surface area (Å²) >= 11 is 0. The van der Waals surface area contributed by atoms with E-state index in [9.17, 15) is 0 Å². The van der Waals surface area contributed by atoms with E-state index in [0.717, 1.165) is 23.9 Å². The van der Waals surface area contributed by atoms with Crippen LogP contribution in [0.1, 0.15) is 32.8 Å². The van der Waals surface area contributed by atoms with Crippen LogP contribution in [-0.2, 0) is 6.54 Å². The lowest BCUT2D eigenvalue weighted by molar-refractivity contribution is 0.225. The summed E-state index contributed by atoms with van der Waals surface area (Å²) in [6, 6.07) is 5.94. The van der Waals surface area contributed by atoms with Crippen LogP contribution in [0.5, 0.6) is 5.75 Å². The second-order valence-corrected chi connectivity index (χ2v) is 6.66. The van der Waals surface area contributed by atoms with Gasteiger partial charge < -0.3 is 10.5 Å². The number of methoxy groups -OCH3 is 1. The Balaban J connectivity index is 2.03. The number of rotatable bonds is 3. The highest BCUT2D eigenvalue weighted by Gasteiger charge is 2.31. The van der Waals surface area contributed by atoms with E-state index in [-0.39, 0.29) is 0 Å². The molecule has 1 aliphatic heterocycles. The van der Waals surface area contributed by atoms with Crippen LogP contribution in [0.2, 0.25) is 0 Å². The number of hydrogen-bond acceptors (Lipinski definition) is 3. The Morgan fingerprint density at radius 1 is 1.37 bits per heavy atom. The van der Waals surface area contributed by atoms with Crippen LogP contribution in [0.3, 0.4) is 0 Å². The SMILES string of the molecule is COc1cc(N)ccc1CN1CCC(C(C)(C)C)C1. The summed E-state index contributed by atoms with van der Waals surface area (Å²) in [4.78, 5) is 2.52. The minimum atomic E-state index is 0.403. The van der Waals surface area contributed by atoms with Crippen LogP contribution in [0.4, 0.5) is 5.69 Å². The van der Waals surface area contributed by atoms with Gasteiger partial charge in [-0.25, -0.2) is 0 Å². The first-order valence-corrected chi connectivity index (χ1v) is 7.05. The highest BCUT2D eigenvalue weighted by molar-refractivity contribution is 5.48. The summed E-state index contributed by atoms with van der Waals surface area (Å²) in [5, 5.41) is 0. The monoisotopic (exact) mass is 262 g/mol. The average molecular weight is 262 g/mol. The molecule has 1 aliphatic rings. The molecule has 3 nitrogen and oxygen atoms in total. The largest absolute Gasteiger partial charge is 0.496 e. The Hall–Kier alpha value is -1.22. The van der Waals surface area contributed by atoms with Crippen molar-refractivity contribution in [1.82, 2.24) is 4.90 Å². The van der Waals surface area contributed by atoms with E-state index in [4.69, 9.17) is 10.5 Å². The summed E-state index contributed by atoms with van der Waals surface area (Å²) < 4.78 is 5.42. The van der Waals surface area contributed by atoms with E-state index < -0.39 is 0 Å². The fraction of sp³-hybridized carbons (Fsp3) is 0.625. The number of hydrogen-bond donors (Lipinski definition) is 1. The number of nitrogen functional groups attached to an aromatic ring is 1. The lowest BCUT2D eigenvalue weighted by Crippen LogP contribution is -2.25. The zero-order chi connectivity index (χ0) is 14.0. The molecule has 1 unspecified atom stereocenters. The van der Waals surface area contributed by atoms with Crippen molar-refractivity contribution in [3.05, 3.63) is 23.8 Å². The van der Waals surface area contributed by atoms with Gasteiger partial charge in [0.2, 0.25) is 0 Å². The lowest BCUT2D eigenvalue weighted by atomic mass is 9.80. The van der Waals surface area contributed by atoms with E-state index in [1.54, 1.807) is 7.11 Å². The topological polar surface area (TPSA) is 38.5 Å². The van der Waals surface area contributed by atoms with Gasteiger partial charge in [0.05, 0.1) is 7.11 Å². The Bertz CT molecular complexity index is 437. The van der Waals surface area contributed by atoms with Gasteiger partial charge >= 0.3 is 0 Å². The highest BCUT2D eigenvalue weighted by Crippen LogP contribution is 2.34. The molecule has 1 fully saturated rings. The molecule has 19 heavy (non-hydrogen) atoms. The molecule has 0 bridgehead atoms. The highest BCUT2D eigenvalue weighted by atomic mass is 16.5. The first-order chi connectivity index (χ1) is 8.90. The second-order valence-electron chi connectivity index (χ2n) is 6.66. The summed E-state index contributed by atoms with van der Waals surface area (Å²) in [5.74, 6) is 1.69. The molecule has 3 heteroatoms. The van der Waals surface area contributed by atoms with Gasteiger partial charge in [-0.05, 0) is 30.4 Å². The van der Waals surface area contributed by atoms with E-state index in [2.05, 4.69) is 31.7 Å². The third-order valence-electron chi connectivity index (χ3n) is 4.20. The van der Waals surface area contributed by atoms with Crippen molar-refractivity contribution in [2.24, 2.45) is 11.3 Å². The summed E-state index contributed by atoms with van der Waals surface area (Å²) in [7, 11) is 1.71. The second kappa shape index (κ2) is 5.41. The predicted octanol–water partition coefficient (Wildman–Crippen LogP) is 3.15. The Labute approximate surface area is 116 Å². The zero-order valence-electron chi connectivity index (χ0n) is 12.6. The van der Waals surface area contributed by atoms with Gasteiger partial charge in [0.15, 0.2) is 0 Å². The van der Waals surface area contributed by atoms with Crippen LogP contribution in [0, 0.1) is 11.3 Å². The van der Waals surface area contributed by atoms with Crippen LogP contribution >= 0.6 is 0 Å². The van der Waals surface area contributed by atoms with Crippen LogP contribution in [-0.4, -0.2) is 25.1 Å². The molecule has 2 N–H and O–H groups in total. The summed E-state index contributed by atoms with van der Waals surface area (Å²) in [6.07, 6.45) is 1.29. The Morgan fingerprint density at radius 3 is 2.68 bits per heavy atom. The molecule has 106 valence electrons. The van der Waals surface area contributed by atoms with E-state index >= 15 is 0 Å². The van der Waals surface area contributed by atoms with Crippen molar-refractivity contribution in [2.75, 3.05) is 25.9 Å². The molecule has 1 saturated heterocycles. The van der Waals surface area contributed by atoms with Gasteiger partial charge in [-0.2, -0.15) is 0 Å². The maximum atomic E-state index is 5.80. The van der Waals surface area contributed by atoms with Crippen molar-refractivity contribution in [1.29, 1.82) is 0 Å². The molecular weight excluding hydrogens is 236 g/mol. The average Bonchev–Trinajstić information content (AvgIpc) is 2.79. The van der Waals surface area contributed by atoms with Gasteiger partial charge in [-0.1, -0.05) is 26.8 Å². The predicted molar refractivity (Wildman–Crippen MR) is 80.2 cm³/mol. The molecule has 0 amide bonds. The van der Waals surface area contributed by atoms with E-state index in [1.807, 2.05) is 12.1 Å². The third-order valence-corrected chi connectivity index (χ3v) is 4.20. The van der Waals surface area contributed by atoms with Crippen molar-refractivity contribution < 1.29 is 4.74 Å². The van der Waals surface area contributed by atoms with Crippen molar-refractivity contribution in [3.8, 4) is 5.75 Å². The Morgan fingerprint density at radius 2 is 2.11 bits per heavy atom. The smallest absolute Gasteiger partial charge is 0.125 e. The molecule has 1 atom stereocenters. The first-order valence-electron chi connectivity index (χ1n) is 7.05. The zero-order valence-corrected chi connectivity index (χ0v) is 12.6. The van der Waals surface area contributed by atoms with Crippen molar-refractivity contribution in [3.63, 3.8) is 0 Å². The maximum Gasteiger partial charge on any atom is 0.125 e. The van der Waals surface area contributed by atoms with E-state index in [0.29, 0.717) is 5.41 Å². The molecular formula is C16H26N2O. The van der Waals surface area contributed by atoms with Gasteiger partial charge in [0.25, 0.3) is 0 Å². The number of nitrogens with zero attached hydrogens (tertiary/aromatic N) is 1. The van der Waals surface area contributed by atoms with Gasteiger partial charge in [-0.3, -0.25) is 4.90 Å². The van der Waals surface area contributed by atoms with Crippen LogP contribution < -0.4 is 10.5 Å². The molecule has 0 spiro atoms. The van der Waals surface area contributed by atoms with Gasteiger partial charge in [-0.15, -0.1) is 0 Å². The molecule has 1 heterocycles. The lowest BCUT2D eigenvalue weighted by Gasteiger charge is -2.27. The van der Waals surface area contributed by atoms with Crippen LogP contribution in [0.15, 0.2) is 18.2 Å². The van der Waals surface area contributed by atoms with Crippen molar-refractivity contribution in [2.45, 2.75) is 33.7 Å². The van der Waals surface area contributed by atoms with Crippen molar-refractivity contribution >= 4 is 5.69 Å². The number of anilines is 1. The number of benzene rings is 1. The quantitative estimate of drug-likeness (QED) is 0.850. The minimum absolute atomic E-state index is 0.403. The Kier molecular flexibility index (Phi) is 4.04. The van der Waals surface area contributed by atoms with Gasteiger partial charge in [0, 0.05) is 30.4 Å². The molecule has 0 saturated carbocycles. The summed E-state index contributed by atoms with van der Waals surface area (Å²) in [6.45, 7) is 10.3. The molecule has 2 rings (SSSR count). The third kappa shape index (κ3) is 3.41. The number of nitrogens with two attached hydrogens (primary N) is 1. The molecule has 1 aromatic carbocycles. The fourth-order valence-corrected chi connectivity index (χ4v) is 2.82. The van der Waals surface area contributed by atoms with Crippen LogP contribution in [0.25, 0.3) is 0 Å². The first kappa shape index (κ1) is 14.2. The molecule has 0 aromatic heterocycles. The molecule has 0 aliphatic carbocycles. The standard InChI is InChI=1S/C16H26N2O/c1-16(2,3)13-7-8-18(11-13)10-12-5-6-14(17)9-15(12)19-4/h5-6,9,13H,7-8,10-11,17H2,1-4H3. The fourth-order valence-electron chi connectivity index (χ4n) is 2.82. The maximum absolute atomic E-state index is 5.80. The van der Waals surface area contributed by atoms with E-state index in [1.165, 1.54) is 25.1 Å².